The van der Waals surface area contributed by atoms with Crippen molar-refractivity contribution in [2.24, 2.45) is 10.7 Å². The SMILES string of the molecule is COc1ccc(C2(c3cc(Br)cc(OCC(F)(F)F)c3)COC(N)=N2)cc1C.N#Cc1cc(Br)cc(OCC(F)(F)F)c1. The van der Waals surface area contributed by atoms with Crippen molar-refractivity contribution in [3.05, 3.63) is 85.8 Å². The van der Waals surface area contributed by atoms with E-state index in [1.165, 1.54) is 30.3 Å². The third kappa shape index (κ3) is 9.69. The maximum atomic E-state index is 12.5. The van der Waals surface area contributed by atoms with Gasteiger partial charge in [-0.3, -0.25) is 0 Å². The summed E-state index contributed by atoms with van der Waals surface area (Å²) in [5, 5.41) is 8.57. The Kier molecular flexibility index (Phi) is 10.8. The first kappa shape index (κ1) is 33.9. The topological polar surface area (TPSA) is 99.1 Å². The predicted molar refractivity (Wildman–Crippen MR) is 152 cm³/mol. The lowest BCUT2D eigenvalue weighted by atomic mass is 9.83. The normalized spacial score (nSPS) is 16.3. The van der Waals surface area contributed by atoms with Crippen molar-refractivity contribution >= 4 is 37.9 Å². The van der Waals surface area contributed by atoms with Gasteiger partial charge < -0.3 is 24.7 Å². The number of aliphatic imine (C=N–C) groups is 1. The molecular formula is C28H23Br2F6N3O4. The van der Waals surface area contributed by atoms with Crippen LogP contribution in [0.3, 0.4) is 0 Å². The van der Waals surface area contributed by atoms with Gasteiger partial charge in [0.05, 0.1) is 18.7 Å². The maximum Gasteiger partial charge on any atom is 0.422 e. The second-order valence-electron chi connectivity index (χ2n) is 9.05. The van der Waals surface area contributed by atoms with Crippen LogP contribution in [0.5, 0.6) is 17.2 Å². The quantitative estimate of drug-likeness (QED) is 0.252. The van der Waals surface area contributed by atoms with Crippen molar-refractivity contribution < 1.29 is 45.3 Å². The van der Waals surface area contributed by atoms with E-state index in [0.29, 0.717) is 20.3 Å². The molecule has 0 saturated carbocycles. The summed E-state index contributed by atoms with van der Waals surface area (Å²) >= 11 is 6.39. The second-order valence-corrected chi connectivity index (χ2v) is 10.9. The monoisotopic (exact) mass is 737 g/mol. The summed E-state index contributed by atoms with van der Waals surface area (Å²) in [5.74, 6) is 0.781. The van der Waals surface area contributed by atoms with Crippen LogP contribution in [0.15, 0.2) is 68.5 Å². The Hall–Kier alpha value is -3.64. The molecule has 1 aliphatic rings. The van der Waals surface area contributed by atoms with E-state index in [4.69, 9.17) is 25.2 Å². The molecule has 0 amide bonds. The van der Waals surface area contributed by atoms with E-state index < -0.39 is 31.1 Å². The van der Waals surface area contributed by atoms with Crippen LogP contribution in [0.1, 0.15) is 22.3 Å². The Bertz CT molecular complexity index is 1530. The molecule has 0 bridgehead atoms. The summed E-state index contributed by atoms with van der Waals surface area (Å²) < 4.78 is 94.3. The highest BCUT2D eigenvalue weighted by Gasteiger charge is 2.41. The molecule has 2 N–H and O–H groups in total. The Morgan fingerprint density at radius 2 is 1.49 bits per heavy atom. The minimum absolute atomic E-state index is 0.00575. The molecule has 7 nitrogen and oxygen atoms in total. The molecule has 0 fully saturated rings. The number of aryl methyl sites for hydroxylation is 1. The Morgan fingerprint density at radius 3 is 1.98 bits per heavy atom. The van der Waals surface area contributed by atoms with Gasteiger partial charge in [0, 0.05) is 8.95 Å². The van der Waals surface area contributed by atoms with Gasteiger partial charge >= 0.3 is 12.4 Å². The van der Waals surface area contributed by atoms with Crippen LogP contribution in [0, 0.1) is 18.3 Å². The highest BCUT2D eigenvalue weighted by atomic mass is 79.9. The Labute approximate surface area is 259 Å². The first-order chi connectivity index (χ1) is 20.0. The zero-order valence-corrected chi connectivity index (χ0v) is 25.6. The molecule has 230 valence electrons. The van der Waals surface area contributed by atoms with E-state index in [1.54, 1.807) is 19.2 Å². The number of amidine groups is 1. The largest absolute Gasteiger partial charge is 0.496 e. The molecule has 43 heavy (non-hydrogen) atoms. The zero-order chi connectivity index (χ0) is 32.0. The number of rotatable bonds is 7. The van der Waals surface area contributed by atoms with Gasteiger partial charge in [0.15, 0.2) is 18.8 Å². The number of nitrogens with zero attached hydrogens (tertiary/aromatic N) is 2. The van der Waals surface area contributed by atoms with Crippen LogP contribution in [-0.2, 0) is 10.3 Å². The molecule has 3 aromatic carbocycles. The average molecular weight is 739 g/mol. The predicted octanol–water partition coefficient (Wildman–Crippen LogP) is 7.56. The van der Waals surface area contributed by atoms with Crippen LogP contribution in [0.2, 0.25) is 0 Å². The number of nitriles is 1. The molecule has 1 aliphatic heterocycles. The third-order valence-corrected chi connectivity index (χ3v) is 6.67. The summed E-state index contributed by atoms with van der Waals surface area (Å²) in [6, 6.07) is 16.2. The molecular weight excluding hydrogens is 716 g/mol. The number of nitrogens with two attached hydrogens (primary N) is 1. The minimum Gasteiger partial charge on any atom is -0.496 e. The first-order valence-electron chi connectivity index (χ1n) is 12.1. The molecule has 4 rings (SSSR count). The molecule has 3 aromatic rings. The van der Waals surface area contributed by atoms with Gasteiger partial charge in [0.1, 0.15) is 23.9 Å². The molecule has 1 heterocycles. The van der Waals surface area contributed by atoms with Crippen molar-refractivity contribution in [1.29, 1.82) is 5.26 Å². The molecule has 0 spiro atoms. The van der Waals surface area contributed by atoms with Gasteiger partial charge in [-0.15, -0.1) is 0 Å². The summed E-state index contributed by atoms with van der Waals surface area (Å²) in [7, 11) is 1.57. The van der Waals surface area contributed by atoms with Gasteiger partial charge in [-0.1, -0.05) is 37.9 Å². The number of halogens is 8. The summed E-state index contributed by atoms with van der Waals surface area (Å²) in [6.45, 7) is -0.759. The van der Waals surface area contributed by atoms with Crippen molar-refractivity contribution in [3.63, 3.8) is 0 Å². The van der Waals surface area contributed by atoms with Gasteiger partial charge in [-0.25, -0.2) is 4.99 Å². The lowest BCUT2D eigenvalue weighted by Gasteiger charge is -2.27. The second kappa shape index (κ2) is 13.8. The molecule has 15 heteroatoms. The number of methoxy groups -OCH3 is 1. The summed E-state index contributed by atoms with van der Waals surface area (Å²) in [4.78, 5) is 4.48. The maximum absolute atomic E-state index is 12.5. The highest BCUT2D eigenvalue weighted by molar-refractivity contribution is 9.10. The van der Waals surface area contributed by atoms with E-state index in [-0.39, 0.29) is 29.7 Å². The standard InChI is InChI=1S/C19H18BrF3N2O3.C9H5BrF3NO/c1-11-5-12(3-4-16(11)26-2)18(9-28-17(24)25-18)13-6-14(20)8-15(7-13)27-10-19(21,22)23;10-7-1-6(4-14)2-8(3-7)15-5-9(11,12)13/h3-8H,9-10H2,1-2H3,(H2,24,25);1-3H,5H2. The molecule has 0 radical (unpaired) electrons. The van der Waals surface area contributed by atoms with E-state index in [0.717, 1.165) is 11.1 Å². The Morgan fingerprint density at radius 1 is 0.907 bits per heavy atom. The first-order valence-corrected chi connectivity index (χ1v) is 13.7. The third-order valence-electron chi connectivity index (χ3n) is 5.76. The number of benzene rings is 3. The number of hydrogen-bond acceptors (Lipinski definition) is 7. The van der Waals surface area contributed by atoms with Crippen LogP contribution in [-0.4, -0.2) is 45.3 Å². The van der Waals surface area contributed by atoms with Gasteiger partial charge in [-0.05, 0) is 72.1 Å². The van der Waals surface area contributed by atoms with E-state index in [1.807, 2.05) is 25.1 Å². The molecule has 1 atom stereocenters. The fourth-order valence-electron chi connectivity index (χ4n) is 3.95. The van der Waals surface area contributed by atoms with Crippen LogP contribution in [0.4, 0.5) is 26.3 Å². The molecule has 0 saturated heterocycles. The number of alkyl halides is 6. The van der Waals surface area contributed by atoms with Crippen LogP contribution in [0.25, 0.3) is 0 Å². The number of ether oxygens (including phenoxy) is 4. The lowest BCUT2D eigenvalue weighted by Crippen LogP contribution is -2.27. The van der Waals surface area contributed by atoms with E-state index in [2.05, 4.69) is 41.6 Å². The fraction of sp³-hybridized carbons (Fsp3) is 0.286. The lowest BCUT2D eigenvalue weighted by molar-refractivity contribution is -0.154. The molecule has 0 aliphatic carbocycles. The molecule has 0 aromatic heterocycles. The molecule has 1 unspecified atom stereocenters. The summed E-state index contributed by atoms with van der Waals surface area (Å²) in [6.07, 6.45) is -8.82. The van der Waals surface area contributed by atoms with Crippen molar-refractivity contribution in [1.82, 2.24) is 0 Å². The van der Waals surface area contributed by atoms with E-state index in [9.17, 15) is 26.3 Å². The smallest absolute Gasteiger partial charge is 0.422 e. The van der Waals surface area contributed by atoms with Gasteiger partial charge in [-0.2, -0.15) is 31.6 Å². The van der Waals surface area contributed by atoms with Gasteiger partial charge in [0.25, 0.3) is 6.02 Å². The summed E-state index contributed by atoms with van der Waals surface area (Å²) in [5.41, 5.74) is 7.24. The fourth-order valence-corrected chi connectivity index (χ4v) is 4.90. The van der Waals surface area contributed by atoms with E-state index >= 15 is 0 Å². The van der Waals surface area contributed by atoms with Gasteiger partial charge in [0.2, 0.25) is 0 Å². The average Bonchev–Trinajstić information content (AvgIpc) is 3.32. The number of hydrogen-bond donors (Lipinski definition) is 1. The van der Waals surface area contributed by atoms with Crippen LogP contribution < -0.4 is 19.9 Å². The zero-order valence-electron chi connectivity index (χ0n) is 22.4. The Balaban J connectivity index is 0.000000285. The minimum atomic E-state index is -4.44. The van der Waals surface area contributed by atoms with Crippen molar-refractivity contribution in [2.45, 2.75) is 24.8 Å². The van der Waals surface area contributed by atoms with Crippen molar-refractivity contribution in [2.75, 3.05) is 26.9 Å². The highest BCUT2D eigenvalue weighted by Crippen LogP contribution is 2.41. The van der Waals surface area contributed by atoms with Crippen molar-refractivity contribution in [3.8, 4) is 23.3 Å². The van der Waals surface area contributed by atoms with Crippen LogP contribution >= 0.6 is 31.9 Å².